The van der Waals surface area contributed by atoms with Gasteiger partial charge in [0.2, 0.25) is 5.76 Å². The molecule has 0 aliphatic heterocycles. The SMILES string of the molecule is CCOC(=O)C(=Cc1ccc(OCCN(C)c2nc3ccccc3o2)cc1)Oc1ccccc1. The minimum atomic E-state index is -0.520. The van der Waals surface area contributed by atoms with Crippen LogP contribution in [0.4, 0.5) is 6.01 Å². The molecule has 0 amide bonds. The zero-order valence-electron chi connectivity index (χ0n) is 19.1. The number of hydrogen-bond acceptors (Lipinski definition) is 7. The van der Waals surface area contributed by atoms with Crippen LogP contribution in [0.2, 0.25) is 0 Å². The molecule has 7 nitrogen and oxygen atoms in total. The summed E-state index contributed by atoms with van der Waals surface area (Å²) >= 11 is 0. The van der Waals surface area contributed by atoms with Gasteiger partial charge >= 0.3 is 5.97 Å². The van der Waals surface area contributed by atoms with Crippen molar-refractivity contribution in [3.63, 3.8) is 0 Å². The number of rotatable bonds is 10. The van der Waals surface area contributed by atoms with E-state index in [-0.39, 0.29) is 12.4 Å². The Bertz CT molecular complexity index is 1220. The topological polar surface area (TPSA) is 74.0 Å². The number of likely N-dealkylation sites (N-methyl/N-ethyl adjacent to an activating group) is 1. The summed E-state index contributed by atoms with van der Waals surface area (Å²) in [6, 6.07) is 24.7. The molecule has 0 unspecified atom stereocenters. The molecule has 0 radical (unpaired) electrons. The predicted octanol–water partition coefficient (Wildman–Crippen LogP) is 5.33. The second kappa shape index (κ2) is 11.0. The molecule has 7 heteroatoms. The van der Waals surface area contributed by atoms with Crippen molar-refractivity contribution >= 4 is 29.2 Å². The van der Waals surface area contributed by atoms with Gasteiger partial charge in [-0.25, -0.2) is 4.79 Å². The fourth-order valence-corrected chi connectivity index (χ4v) is 3.18. The number of benzene rings is 3. The molecule has 0 fully saturated rings. The molecular formula is C27H26N2O5. The molecule has 3 aromatic carbocycles. The van der Waals surface area contributed by atoms with Gasteiger partial charge in [-0.1, -0.05) is 42.5 Å². The zero-order chi connectivity index (χ0) is 23.8. The molecule has 0 saturated carbocycles. The van der Waals surface area contributed by atoms with E-state index >= 15 is 0 Å². The van der Waals surface area contributed by atoms with E-state index in [4.69, 9.17) is 18.6 Å². The van der Waals surface area contributed by atoms with E-state index in [9.17, 15) is 4.79 Å². The van der Waals surface area contributed by atoms with Crippen LogP contribution in [-0.2, 0) is 9.53 Å². The van der Waals surface area contributed by atoms with E-state index in [1.165, 1.54) is 0 Å². The lowest BCUT2D eigenvalue weighted by Crippen LogP contribution is -2.23. The number of para-hydroxylation sites is 3. The van der Waals surface area contributed by atoms with E-state index < -0.39 is 5.97 Å². The van der Waals surface area contributed by atoms with Gasteiger partial charge in [-0.15, -0.1) is 0 Å². The number of esters is 1. The molecule has 4 rings (SSSR count). The third-order valence-corrected chi connectivity index (χ3v) is 4.93. The van der Waals surface area contributed by atoms with Gasteiger partial charge in [0, 0.05) is 7.05 Å². The lowest BCUT2D eigenvalue weighted by molar-refractivity contribution is -0.140. The van der Waals surface area contributed by atoms with Crippen molar-refractivity contribution in [3.05, 3.63) is 90.2 Å². The number of ether oxygens (including phenoxy) is 3. The highest BCUT2D eigenvalue weighted by molar-refractivity contribution is 5.92. The molecule has 0 atom stereocenters. The fraction of sp³-hybridized carbons (Fsp3) is 0.185. The maximum atomic E-state index is 12.3. The molecule has 1 heterocycles. The lowest BCUT2D eigenvalue weighted by Gasteiger charge is -2.15. The molecule has 0 aliphatic rings. The molecule has 0 bridgehead atoms. The van der Waals surface area contributed by atoms with Crippen molar-refractivity contribution in [3.8, 4) is 11.5 Å². The second-order valence-corrected chi connectivity index (χ2v) is 7.45. The number of carbonyl (C=O) groups excluding carboxylic acids is 1. The van der Waals surface area contributed by atoms with Crippen LogP contribution in [0.3, 0.4) is 0 Å². The summed E-state index contributed by atoms with van der Waals surface area (Å²) in [5.41, 5.74) is 2.37. The first-order chi connectivity index (χ1) is 16.6. The standard InChI is InChI=1S/C27H26N2O5/c1-3-31-26(30)25(33-22-9-5-4-6-10-22)19-20-13-15-21(16-14-20)32-18-17-29(2)27-28-23-11-7-8-12-24(23)34-27/h4-16,19H,3,17-18H2,1-2H3. The van der Waals surface area contributed by atoms with Crippen LogP contribution >= 0.6 is 0 Å². The van der Waals surface area contributed by atoms with Crippen LogP contribution in [-0.4, -0.2) is 37.8 Å². The van der Waals surface area contributed by atoms with Gasteiger partial charge < -0.3 is 23.5 Å². The summed E-state index contributed by atoms with van der Waals surface area (Å²) in [6.07, 6.45) is 1.65. The summed E-state index contributed by atoms with van der Waals surface area (Å²) in [5, 5.41) is 0. The van der Waals surface area contributed by atoms with Gasteiger partial charge in [0.05, 0.1) is 13.2 Å². The molecule has 4 aromatic rings. The van der Waals surface area contributed by atoms with Crippen molar-refractivity contribution in [1.29, 1.82) is 0 Å². The van der Waals surface area contributed by atoms with Crippen LogP contribution in [0.5, 0.6) is 11.5 Å². The average molecular weight is 459 g/mol. The predicted molar refractivity (Wildman–Crippen MR) is 131 cm³/mol. The smallest absolute Gasteiger partial charge is 0.374 e. The summed E-state index contributed by atoms with van der Waals surface area (Å²) in [6.45, 7) is 3.08. The van der Waals surface area contributed by atoms with Gasteiger partial charge in [-0.05, 0) is 55.0 Å². The number of hydrogen-bond donors (Lipinski definition) is 0. The summed E-state index contributed by atoms with van der Waals surface area (Å²) < 4.78 is 22.5. The van der Waals surface area contributed by atoms with E-state index in [0.717, 1.165) is 16.7 Å². The number of anilines is 1. The highest BCUT2D eigenvalue weighted by Gasteiger charge is 2.14. The van der Waals surface area contributed by atoms with E-state index in [2.05, 4.69) is 4.98 Å². The quantitative estimate of drug-likeness (QED) is 0.181. The maximum Gasteiger partial charge on any atom is 0.374 e. The third-order valence-electron chi connectivity index (χ3n) is 4.93. The first-order valence-corrected chi connectivity index (χ1v) is 11.0. The number of oxazole rings is 1. The van der Waals surface area contributed by atoms with Crippen LogP contribution in [0.15, 0.2) is 89.0 Å². The molecule has 0 N–H and O–H groups in total. The first-order valence-electron chi connectivity index (χ1n) is 11.0. The second-order valence-electron chi connectivity index (χ2n) is 7.45. The number of carbonyl (C=O) groups is 1. The Hall–Kier alpha value is -4.26. The summed E-state index contributed by atoms with van der Waals surface area (Å²) in [4.78, 5) is 18.7. The van der Waals surface area contributed by atoms with Crippen molar-refractivity contribution < 1.29 is 23.4 Å². The fourth-order valence-electron chi connectivity index (χ4n) is 3.18. The summed E-state index contributed by atoms with van der Waals surface area (Å²) in [5.74, 6) is 0.866. The molecule has 1 aromatic heterocycles. The molecule has 0 aliphatic carbocycles. The monoisotopic (exact) mass is 458 g/mol. The number of aromatic nitrogens is 1. The summed E-state index contributed by atoms with van der Waals surface area (Å²) in [7, 11) is 1.91. The normalized spacial score (nSPS) is 11.3. The van der Waals surface area contributed by atoms with Crippen LogP contribution in [0, 0.1) is 0 Å². The minimum Gasteiger partial charge on any atom is -0.492 e. The zero-order valence-corrected chi connectivity index (χ0v) is 19.1. The Labute approximate surface area is 198 Å². The highest BCUT2D eigenvalue weighted by Crippen LogP contribution is 2.21. The van der Waals surface area contributed by atoms with Gasteiger partial charge in [0.15, 0.2) is 5.58 Å². The van der Waals surface area contributed by atoms with Gasteiger partial charge in [-0.2, -0.15) is 4.98 Å². The van der Waals surface area contributed by atoms with E-state index in [1.54, 1.807) is 25.1 Å². The van der Waals surface area contributed by atoms with Crippen molar-refractivity contribution in [1.82, 2.24) is 4.98 Å². The minimum absolute atomic E-state index is 0.113. The Morgan fingerprint density at radius 3 is 2.44 bits per heavy atom. The van der Waals surface area contributed by atoms with E-state index in [1.807, 2.05) is 78.7 Å². The average Bonchev–Trinajstić information content (AvgIpc) is 3.30. The molecule has 0 saturated heterocycles. The van der Waals surface area contributed by atoms with Crippen molar-refractivity contribution in [2.45, 2.75) is 6.92 Å². The molecule has 174 valence electrons. The Balaban J connectivity index is 1.36. The Kier molecular flexibility index (Phi) is 7.45. The lowest BCUT2D eigenvalue weighted by atomic mass is 10.2. The third kappa shape index (κ3) is 5.95. The van der Waals surface area contributed by atoms with E-state index in [0.29, 0.717) is 30.7 Å². The largest absolute Gasteiger partial charge is 0.492 e. The van der Waals surface area contributed by atoms with Crippen molar-refractivity contribution in [2.75, 3.05) is 31.7 Å². The first kappa shape index (κ1) is 22.9. The van der Waals surface area contributed by atoms with Crippen LogP contribution in [0.25, 0.3) is 17.2 Å². The highest BCUT2D eigenvalue weighted by atomic mass is 16.6. The molecule has 34 heavy (non-hydrogen) atoms. The van der Waals surface area contributed by atoms with Gasteiger partial charge in [0.1, 0.15) is 23.6 Å². The number of nitrogens with zero attached hydrogens (tertiary/aromatic N) is 2. The molecule has 0 spiro atoms. The maximum absolute atomic E-state index is 12.3. The number of fused-ring (bicyclic) bond motifs is 1. The van der Waals surface area contributed by atoms with Crippen LogP contribution < -0.4 is 14.4 Å². The van der Waals surface area contributed by atoms with Crippen LogP contribution in [0.1, 0.15) is 12.5 Å². The van der Waals surface area contributed by atoms with Gasteiger partial charge in [0.25, 0.3) is 6.01 Å². The molecular weight excluding hydrogens is 432 g/mol. The van der Waals surface area contributed by atoms with Crippen molar-refractivity contribution in [2.24, 2.45) is 0 Å². The van der Waals surface area contributed by atoms with Gasteiger partial charge in [-0.3, -0.25) is 0 Å². The Morgan fingerprint density at radius 1 is 0.971 bits per heavy atom. The Morgan fingerprint density at radius 2 is 1.71 bits per heavy atom.